The predicted octanol–water partition coefficient (Wildman–Crippen LogP) is 5.14. The highest BCUT2D eigenvalue weighted by Gasteiger charge is 2.63. The highest BCUT2D eigenvalue weighted by Crippen LogP contribution is 2.61. The average Bonchev–Trinajstić information content (AvgIpc) is 3.68. The summed E-state index contributed by atoms with van der Waals surface area (Å²) in [6.45, 7) is 2.91. The van der Waals surface area contributed by atoms with E-state index < -0.39 is 48.1 Å². The highest BCUT2D eigenvalue weighted by atomic mass is 16.5. The molecule has 0 spiro atoms. The number of carbonyl (C=O) groups is 5. The molecule has 2 amide bonds. The summed E-state index contributed by atoms with van der Waals surface area (Å²) in [6, 6.07) is 23.5. The van der Waals surface area contributed by atoms with Gasteiger partial charge in [0.05, 0.1) is 18.1 Å². The number of likely N-dealkylation sites (tertiary alicyclic amines) is 1. The van der Waals surface area contributed by atoms with E-state index in [-0.39, 0.29) is 40.7 Å². The summed E-state index contributed by atoms with van der Waals surface area (Å²) in [5, 5.41) is 0. The lowest BCUT2D eigenvalue weighted by molar-refractivity contribution is -0.160. The summed E-state index contributed by atoms with van der Waals surface area (Å²) in [5.74, 6) is -4.79. The summed E-state index contributed by atoms with van der Waals surface area (Å²) in [7, 11) is 0. The lowest BCUT2D eigenvalue weighted by atomic mass is 9.55. The van der Waals surface area contributed by atoms with Gasteiger partial charge in [-0.25, -0.2) is 9.59 Å². The Kier molecular flexibility index (Phi) is 6.96. The van der Waals surface area contributed by atoms with Crippen molar-refractivity contribution in [1.29, 1.82) is 0 Å². The first-order valence-corrected chi connectivity index (χ1v) is 14.9. The zero-order valence-electron chi connectivity index (χ0n) is 24.5. The topological polar surface area (TPSA) is 120 Å². The first kappa shape index (κ1) is 28.5. The molecule has 3 aliphatic carbocycles. The molecule has 4 aromatic rings. The number of amides is 2. The number of carbonyl (C=O) groups excluding carboxylic acids is 5. The first-order chi connectivity index (χ1) is 21.8. The van der Waals surface area contributed by atoms with Gasteiger partial charge in [-0.05, 0) is 64.6 Å². The van der Waals surface area contributed by atoms with Gasteiger partial charge in [-0.15, -0.1) is 0 Å². The number of hydrogen-bond acceptors (Lipinski definition) is 8. The molecular weight excluding hydrogens is 574 g/mol. The number of furan rings is 1. The Labute approximate surface area is 258 Å². The Bertz CT molecular complexity index is 1730. The van der Waals surface area contributed by atoms with Gasteiger partial charge in [-0.3, -0.25) is 19.3 Å². The average molecular weight is 604 g/mol. The molecule has 2 bridgehead atoms. The van der Waals surface area contributed by atoms with Crippen molar-refractivity contribution in [1.82, 2.24) is 4.90 Å². The molecule has 1 fully saturated rings. The van der Waals surface area contributed by atoms with E-state index in [4.69, 9.17) is 13.9 Å². The fraction of sp³-hybridized carbons (Fsp3) is 0.250. The SMILES string of the molecule is CC(C)[C@@H](C(=O)OCC(=O)c1ccc(OC(=O)c2ccco2)cc1)N1C(=O)C2C3c4ccccc4C(c4ccccc43)C2C1=O. The van der Waals surface area contributed by atoms with Crippen LogP contribution in [0.4, 0.5) is 0 Å². The van der Waals surface area contributed by atoms with E-state index >= 15 is 0 Å². The summed E-state index contributed by atoms with van der Waals surface area (Å²) in [4.78, 5) is 67.9. The number of benzene rings is 3. The molecule has 226 valence electrons. The van der Waals surface area contributed by atoms with Crippen LogP contribution in [0.5, 0.6) is 5.75 Å². The standard InChI is InChI=1S/C36H29NO8/c1-19(2)32(36(42)44-18-26(38)20-13-15-21(16-14-20)45-35(41)27-12-7-17-43-27)37-33(39)30-28-22-8-3-4-9-23(22)29(31(30)34(37)40)25-11-6-5-10-24(25)28/h3-17,19,28-32H,18H2,1-2H3/t28?,29?,30?,31?,32-/m0/s1. The zero-order valence-corrected chi connectivity index (χ0v) is 24.5. The van der Waals surface area contributed by atoms with E-state index in [9.17, 15) is 24.0 Å². The van der Waals surface area contributed by atoms with Gasteiger partial charge >= 0.3 is 11.9 Å². The largest absolute Gasteiger partial charge is 0.457 e. The van der Waals surface area contributed by atoms with Gasteiger partial charge < -0.3 is 13.9 Å². The Morgan fingerprint density at radius 3 is 1.76 bits per heavy atom. The Morgan fingerprint density at radius 2 is 1.29 bits per heavy atom. The van der Waals surface area contributed by atoms with Gasteiger partial charge in [0.1, 0.15) is 11.8 Å². The molecule has 1 aliphatic heterocycles. The third-order valence-corrected chi connectivity index (χ3v) is 9.09. The maximum atomic E-state index is 14.1. The summed E-state index contributed by atoms with van der Waals surface area (Å²) >= 11 is 0. The van der Waals surface area contributed by atoms with E-state index in [0.717, 1.165) is 27.2 Å². The van der Waals surface area contributed by atoms with Gasteiger partial charge in [0.15, 0.2) is 12.4 Å². The van der Waals surface area contributed by atoms with Crippen LogP contribution in [0, 0.1) is 17.8 Å². The van der Waals surface area contributed by atoms with Crippen LogP contribution in [0.15, 0.2) is 95.6 Å². The summed E-state index contributed by atoms with van der Waals surface area (Å²) in [5.41, 5.74) is 4.40. The fourth-order valence-electron chi connectivity index (χ4n) is 7.22. The number of ether oxygens (including phenoxy) is 2. The molecule has 3 aromatic carbocycles. The molecule has 1 aromatic heterocycles. The van der Waals surface area contributed by atoms with E-state index in [0.29, 0.717) is 0 Å². The van der Waals surface area contributed by atoms with E-state index in [1.54, 1.807) is 19.9 Å². The maximum absolute atomic E-state index is 14.1. The maximum Gasteiger partial charge on any atom is 0.379 e. The minimum absolute atomic E-state index is 0.0396. The molecule has 9 heteroatoms. The first-order valence-electron chi connectivity index (χ1n) is 14.9. The van der Waals surface area contributed by atoms with Gasteiger partial charge in [0.2, 0.25) is 17.6 Å². The van der Waals surface area contributed by atoms with Crippen LogP contribution in [0.2, 0.25) is 0 Å². The number of nitrogens with zero attached hydrogens (tertiary/aromatic N) is 1. The van der Waals surface area contributed by atoms with Gasteiger partial charge in [-0.2, -0.15) is 0 Å². The minimum Gasteiger partial charge on any atom is -0.457 e. The lowest BCUT2D eigenvalue weighted by Crippen LogP contribution is -2.49. The number of imide groups is 1. The van der Waals surface area contributed by atoms with Crippen molar-refractivity contribution in [3.8, 4) is 5.75 Å². The monoisotopic (exact) mass is 603 g/mol. The number of ketones is 1. The molecule has 45 heavy (non-hydrogen) atoms. The van der Waals surface area contributed by atoms with Crippen LogP contribution in [0.1, 0.15) is 68.8 Å². The normalized spacial score (nSPS) is 21.6. The molecule has 9 nitrogen and oxygen atoms in total. The number of rotatable bonds is 8. The van der Waals surface area contributed by atoms with E-state index in [1.807, 2.05) is 48.5 Å². The molecule has 3 atom stereocenters. The van der Waals surface area contributed by atoms with Crippen LogP contribution in [0.25, 0.3) is 0 Å². The molecule has 8 rings (SSSR count). The molecule has 1 saturated heterocycles. The molecular formula is C36H29NO8. The molecule has 0 N–H and O–H groups in total. The quantitative estimate of drug-likeness (QED) is 0.118. The Balaban J connectivity index is 1.08. The fourth-order valence-corrected chi connectivity index (χ4v) is 7.22. The minimum atomic E-state index is -1.18. The number of Topliss-reactive ketones (excluding diaryl/α,β-unsaturated/α-hetero) is 1. The van der Waals surface area contributed by atoms with Crippen LogP contribution in [-0.2, 0) is 19.1 Å². The molecule has 0 radical (unpaired) electrons. The smallest absolute Gasteiger partial charge is 0.379 e. The van der Waals surface area contributed by atoms with Crippen molar-refractivity contribution < 1.29 is 37.9 Å². The zero-order chi connectivity index (χ0) is 31.4. The summed E-state index contributed by atoms with van der Waals surface area (Å²) < 4.78 is 15.7. The van der Waals surface area contributed by atoms with Crippen molar-refractivity contribution >= 4 is 29.5 Å². The summed E-state index contributed by atoms with van der Waals surface area (Å²) in [6.07, 6.45) is 1.36. The lowest BCUT2D eigenvalue weighted by Gasteiger charge is -2.45. The molecule has 0 saturated carbocycles. The van der Waals surface area contributed by atoms with Crippen molar-refractivity contribution in [2.24, 2.45) is 17.8 Å². The molecule has 4 aliphatic rings. The molecule has 2 heterocycles. The van der Waals surface area contributed by atoms with Gasteiger partial charge in [0.25, 0.3) is 0 Å². The van der Waals surface area contributed by atoms with Crippen molar-refractivity contribution in [3.05, 3.63) is 125 Å². The second-order valence-corrected chi connectivity index (χ2v) is 11.9. The third-order valence-electron chi connectivity index (χ3n) is 9.09. The van der Waals surface area contributed by atoms with Gasteiger partial charge in [-0.1, -0.05) is 62.4 Å². The highest BCUT2D eigenvalue weighted by molar-refractivity contribution is 6.10. The van der Waals surface area contributed by atoms with E-state index in [2.05, 4.69) is 0 Å². The predicted molar refractivity (Wildman–Crippen MR) is 159 cm³/mol. The number of esters is 2. The van der Waals surface area contributed by atoms with Crippen molar-refractivity contribution in [3.63, 3.8) is 0 Å². The van der Waals surface area contributed by atoms with Crippen LogP contribution >= 0.6 is 0 Å². The Morgan fingerprint density at radius 1 is 0.756 bits per heavy atom. The van der Waals surface area contributed by atoms with E-state index in [1.165, 1.54) is 36.6 Å². The Hall–Kier alpha value is -5.31. The van der Waals surface area contributed by atoms with Gasteiger partial charge in [0, 0.05) is 17.4 Å². The number of hydrogen-bond donors (Lipinski definition) is 0. The third kappa shape index (κ3) is 4.58. The second kappa shape index (κ2) is 11.0. The van der Waals surface area contributed by atoms with Crippen molar-refractivity contribution in [2.45, 2.75) is 31.7 Å². The van der Waals surface area contributed by atoms with Crippen LogP contribution < -0.4 is 4.74 Å². The van der Waals surface area contributed by atoms with Crippen LogP contribution in [-0.4, -0.2) is 47.1 Å². The molecule has 2 unspecified atom stereocenters. The second-order valence-electron chi connectivity index (χ2n) is 11.9. The van der Waals surface area contributed by atoms with Crippen LogP contribution in [0.3, 0.4) is 0 Å². The van der Waals surface area contributed by atoms with Crippen molar-refractivity contribution in [2.75, 3.05) is 6.61 Å².